The van der Waals surface area contributed by atoms with E-state index in [-0.39, 0.29) is 18.0 Å². The molecule has 2 unspecified atom stereocenters. The van der Waals surface area contributed by atoms with Gasteiger partial charge in [-0.05, 0) is 53.9 Å². The van der Waals surface area contributed by atoms with Gasteiger partial charge in [0.2, 0.25) is 0 Å². The van der Waals surface area contributed by atoms with Crippen molar-refractivity contribution in [3.63, 3.8) is 0 Å². The first-order valence-corrected chi connectivity index (χ1v) is 6.62. The summed E-state index contributed by atoms with van der Waals surface area (Å²) < 4.78 is 0.857. The number of rotatable bonds is 1. The van der Waals surface area contributed by atoms with Crippen LogP contribution in [-0.4, -0.2) is 29.4 Å². The van der Waals surface area contributed by atoms with Crippen molar-refractivity contribution >= 4 is 21.8 Å². The zero-order valence-electron chi connectivity index (χ0n) is 10.1. The molecule has 0 bridgehead atoms. The van der Waals surface area contributed by atoms with Gasteiger partial charge in [-0.1, -0.05) is 6.07 Å². The molecule has 1 fully saturated rings. The molecule has 0 spiro atoms. The number of benzene rings is 1. The highest BCUT2D eigenvalue weighted by Gasteiger charge is 2.32. The van der Waals surface area contributed by atoms with Crippen molar-refractivity contribution in [3.8, 4) is 0 Å². The van der Waals surface area contributed by atoms with Crippen molar-refractivity contribution in [2.24, 2.45) is 5.73 Å². The molecule has 0 aromatic heterocycles. The van der Waals surface area contributed by atoms with E-state index in [2.05, 4.69) is 15.9 Å². The molecule has 2 N–H and O–H groups in total. The lowest BCUT2D eigenvalue weighted by atomic mass is 10.1. The van der Waals surface area contributed by atoms with Gasteiger partial charge in [-0.2, -0.15) is 0 Å². The van der Waals surface area contributed by atoms with Crippen LogP contribution in [0.4, 0.5) is 0 Å². The Morgan fingerprint density at radius 2 is 2.24 bits per heavy atom. The van der Waals surface area contributed by atoms with Crippen LogP contribution in [0.5, 0.6) is 0 Å². The van der Waals surface area contributed by atoms with E-state index < -0.39 is 0 Å². The number of carbonyl (C=O) groups excluding carboxylic acids is 1. The van der Waals surface area contributed by atoms with Gasteiger partial charge in [-0.25, -0.2) is 0 Å². The van der Waals surface area contributed by atoms with Gasteiger partial charge in [-0.3, -0.25) is 4.79 Å². The van der Waals surface area contributed by atoms with Gasteiger partial charge in [0.1, 0.15) is 0 Å². The topological polar surface area (TPSA) is 46.3 Å². The minimum Gasteiger partial charge on any atom is -0.334 e. The van der Waals surface area contributed by atoms with E-state index in [4.69, 9.17) is 5.73 Å². The Bertz CT molecular complexity index is 447. The van der Waals surface area contributed by atoms with Crippen LogP contribution in [0.25, 0.3) is 0 Å². The third kappa shape index (κ3) is 2.38. The lowest BCUT2D eigenvalue weighted by molar-refractivity contribution is 0.0741. The van der Waals surface area contributed by atoms with Crippen LogP contribution < -0.4 is 5.73 Å². The predicted octanol–water partition coefficient (Wildman–Crippen LogP) is 2.32. The second-order valence-corrected chi connectivity index (χ2v) is 5.53. The quantitative estimate of drug-likeness (QED) is 0.864. The fourth-order valence-corrected chi connectivity index (χ4v) is 2.86. The number of hydrogen-bond acceptors (Lipinski definition) is 2. The van der Waals surface area contributed by atoms with E-state index in [9.17, 15) is 4.79 Å². The van der Waals surface area contributed by atoms with Gasteiger partial charge in [0.25, 0.3) is 5.91 Å². The maximum atomic E-state index is 12.4. The standard InChI is InChI=1S/C13H17BrN2O/c1-8-3-4-10(11(14)7-8)13(17)16-6-5-12(15)9(16)2/h3-4,7,9,12H,5-6,15H2,1-2H3. The van der Waals surface area contributed by atoms with Gasteiger partial charge in [0.05, 0.1) is 5.56 Å². The van der Waals surface area contributed by atoms with Gasteiger partial charge in [0, 0.05) is 23.1 Å². The zero-order chi connectivity index (χ0) is 12.6. The minimum absolute atomic E-state index is 0.0670. The third-order valence-electron chi connectivity index (χ3n) is 3.43. The fraction of sp³-hybridized carbons (Fsp3) is 0.462. The number of carbonyl (C=O) groups is 1. The Labute approximate surface area is 110 Å². The van der Waals surface area contributed by atoms with Gasteiger partial charge in [-0.15, -0.1) is 0 Å². The third-order valence-corrected chi connectivity index (χ3v) is 4.09. The van der Waals surface area contributed by atoms with E-state index in [1.807, 2.05) is 36.9 Å². The summed E-state index contributed by atoms with van der Waals surface area (Å²) in [7, 11) is 0. The van der Waals surface area contributed by atoms with E-state index in [1.54, 1.807) is 0 Å². The fourth-order valence-electron chi connectivity index (χ4n) is 2.20. The first kappa shape index (κ1) is 12.6. The molecule has 4 heteroatoms. The highest BCUT2D eigenvalue weighted by atomic mass is 79.9. The van der Waals surface area contributed by atoms with Crippen LogP contribution in [0.1, 0.15) is 29.3 Å². The molecule has 0 saturated carbocycles. The van der Waals surface area contributed by atoms with Crippen molar-refractivity contribution in [3.05, 3.63) is 33.8 Å². The monoisotopic (exact) mass is 296 g/mol. The summed E-state index contributed by atoms with van der Waals surface area (Å²) in [5.74, 6) is 0.0670. The Hall–Kier alpha value is -0.870. The van der Waals surface area contributed by atoms with Crippen LogP contribution in [0, 0.1) is 6.92 Å². The van der Waals surface area contributed by atoms with Crippen molar-refractivity contribution in [1.82, 2.24) is 4.90 Å². The molecule has 92 valence electrons. The van der Waals surface area contributed by atoms with Crippen molar-refractivity contribution in [2.75, 3.05) is 6.54 Å². The summed E-state index contributed by atoms with van der Waals surface area (Å²) in [4.78, 5) is 14.2. The zero-order valence-corrected chi connectivity index (χ0v) is 11.7. The van der Waals surface area contributed by atoms with Crippen molar-refractivity contribution in [1.29, 1.82) is 0 Å². The van der Waals surface area contributed by atoms with Gasteiger partial charge < -0.3 is 10.6 Å². The number of amides is 1. The molecular formula is C13H17BrN2O. The van der Waals surface area contributed by atoms with Crippen LogP contribution in [0.2, 0.25) is 0 Å². The maximum absolute atomic E-state index is 12.4. The van der Waals surface area contributed by atoms with Crippen LogP contribution in [0.3, 0.4) is 0 Å². The largest absolute Gasteiger partial charge is 0.334 e. The Morgan fingerprint density at radius 1 is 1.53 bits per heavy atom. The molecule has 2 atom stereocenters. The van der Waals surface area contributed by atoms with Crippen LogP contribution in [-0.2, 0) is 0 Å². The lowest BCUT2D eigenvalue weighted by Gasteiger charge is -2.23. The normalized spacial score (nSPS) is 24.1. The number of halogens is 1. The molecule has 1 aromatic carbocycles. The minimum atomic E-state index is 0.0670. The van der Waals surface area contributed by atoms with Crippen molar-refractivity contribution in [2.45, 2.75) is 32.4 Å². The molecule has 3 nitrogen and oxygen atoms in total. The summed E-state index contributed by atoms with van der Waals surface area (Å²) in [5, 5.41) is 0. The van der Waals surface area contributed by atoms with E-state index in [1.165, 1.54) is 0 Å². The van der Waals surface area contributed by atoms with Gasteiger partial charge >= 0.3 is 0 Å². The summed E-state index contributed by atoms with van der Waals surface area (Å²) >= 11 is 3.45. The smallest absolute Gasteiger partial charge is 0.255 e. The lowest BCUT2D eigenvalue weighted by Crippen LogP contribution is -2.40. The second-order valence-electron chi connectivity index (χ2n) is 4.67. The maximum Gasteiger partial charge on any atom is 0.255 e. The van der Waals surface area contributed by atoms with E-state index in [0.717, 1.165) is 28.6 Å². The summed E-state index contributed by atoms with van der Waals surface area (Å²) in [6.07, 6.45) is 0.885. The molecule has 1 aromatic rings. The molecule has 1 aliphatic rings. The predicted molar refractivity (Wildman–Crippen MR) is 72.0 cm³/mol. The first-order chi connectivity index (χ1) is 8.00. The average molecular weight is 297 g/mol. The van der Waals surface area contributed by atoms with Crippen LogP contribution >= 0.6 is 15.9 Å². The Balaban J connectivity index is 2.26. The summed E-state index contributed by atoms with van der Waals surface area (Å²) in [6.45, 7) is 4.77. The van der Waals surface area contributed by atoms with E-state index >= 15 is 0 Å². The molecule has 2 rings (SSSR count). The van der Waals surface area contributed by atoms with Crippen LogP contribution in [0.15, 0.2) is 22.7 Å². The molecule has 1 saturated heterocycles. The molecular weight excluding hydrogens is 280 g/mol. The molecule has 1 heterocycles. The summed E-state index contributed by atoms with van der Waals surface area (Å²) in [6, 6.07) is 6.02. The Kier molecular flexibility index (Phi) is 3.54. The number of aryl methyl sites for hydroxylation is 1. The number of hydrogen-bond donors (Lipinski definition) is 1. The highest BCUT2D eigenvalue weighted by Crippen LogP contribution is 2.24. The highest BCUT2D eigenvalue weighted by molar-refractivity contribution is 9.10. The number of likely N-dealkylation sites (tertiary alicyclic amines) is 1. The van der Waals surface area contributed by atoms with Crippen molar-refractivity contribution < 1.29 is 4.79 Å². The molecule has 0 aliphatic carbocycles. The Morgan fingerprint density at radius 3 is 2.76 bits per heavy atom. The molecule has 17 heavy (non-hydrogen) atoms. The summed E-state index contributed by atoms with van der Waals surface area (Å²) in [5.41, 5.74) is 7.80. The SMILES string of the molecule is Cc1ccc(C(=O)N2CCC(N)C2C)c(Br)c1. The number of nitrogens with zero attached hydrogens (tertiary/aromatic N) is 1. The first-order valence-electron chi connectivity index (χ1n) is 5.83. The molecule has 1 amide bonds. The average Bonchev–Trinajstić information content (AvgIpc) is 2.59. The van der Waals surface area contributed by atoms with Gasteiger partial charge in [0.15, 0.2) is 0 Å². The molecule has 1 aliphatic heterocycles. The molecule has 0 radical (unpaired) electrons. The second kappa shape index (κ2) is 4.78. The van der Waals surface area contributed by atoms with E-state index in [0.29, 0.717) is 0 Å². The number of nitrogens with two attached hydrogens (primary N) is 1.